The highest BCUT2D eigenvalue weighted by Gasteiger charge is 2.39. The molecule has 1 amide bonds. The van der Waals surface area contributed by atoms with Crippen molar-refractivity contribution in [1.82, 2.24) is 10.2 Å². The zero-order chi connectivity index (χ0) is 15.9. The summed E-state index contributed by atoms with van der Waals surface area (Å²) < 4.78 is 40.0. The van der Waals surface area contributed by atoms with E-state index in [0.717, 1.165) is 0 Å². The van der Waals surface area contributed by atoms with E-state index in [1.165, 1.54) is 4.90 Å². The summed E-state index contributed by atoms with van der Waals surface area (Å²) in [6.07, 6.45) is -0.353. The van der Waals surface area contributed by atoms with Crippen LogP contribution in [0, 0.1) is 4.84 Å². The monoisotopic (exact) mass is 343 g/mol. The van der Waals surface area contributed by atoms with E-state index in [2.05, 4.69) is 10.2 Å². The Labute approximate surface area is 130 Å². The molecule has 0 radical (unpaired) electrons. The molecule has 7 nitrogen and oxygen atoms in total. The van der Waals surface area contributed by atoms with Crippen LogP contribution in [0.4, 0.5) is 9.57 Å². The molecule has 1 N–H and O–H groups in total. The van der Waals surface area contributed by atoms with Gasteiger partial charge in [-0.15, -0.1) is 8.98 Å². The van der Waals surface area contributed by atoms with Crippen molar-refractivity contribution in [3.05, 3.63) is 29.1 Å². The summed E-state index contributed by atoms with van der Waals surface area (Å²) in [5, 5.41) is 5.04. The topological polar surface area (TPSA) is 96.3 Å². The zero-order valence-electron chi connectivity index (χ0n) is 11.0. The lowest BCUT2D eigenvalue weighted by Gasteiger charge is -2.16. The number of halogens is 1. The van der Waals surface area contributed by atoms with Crippen molar-refractivity contribution >= 4 is 34.0 Å². The lowest BCUT2D eigenvalue weighted by atomic mass is 10.2. The van der Waals surface area contributed by atoms with Crippen LogP contribution in [0.5, 0.6) is 0 Å². The molecule has 1 fully saturated rings. The smallest absolute Gasteiger partial charge is 0.307 e. The number of aromatic amines is 1. The first-order chi connectivity index (χ1) is 10.3. The maximum absolute atomic E-state index is 13.0. The molecule has 1 saturated heterocycles. The van der Waals surface area contributed by atoms with Crippen LogP contribution in [0.3, 0.4) is 0 Å². The van der Waals surface area contributed by atoms with E-state index in [1.807, 2.05) is 0 Å². The number of hydrogen-bond acceptors (Lipinski definition) is 6. The minimum Gasteiger partial charge on any atom is -0.409 e. The number of carbonyl (C=O) groups excluding carboxylic acids is 1. The Kier molecular flexibility index (Phi) is 3.57. The van der Waals surface area contributed by atoms with E-state index in [0.29, 0.717) is 17.1 Å². The van der Waals surface area contributed by atoms with Crippen LogP contribution in [0.25, 0.3) is 11.5 Å². The molecule has 3 rings (SSSR count). The number of hydrogen-bond donors (Lipinski definition) is 1. The van der Waals surface area contributed by atoms with Gasteiger partial charge in [0.05, 0.1) is 0 Å². The Balaban J connectivity index is 1.84. The van der Waals surface area contributed by atoms with Crippen LogP contribution in [0.1, 0.15) is 6.42 Å². The fourth-order valence-electron chi connectivity index (χ4n) is 2.25. The quantitative estimate of drug-likeness (QED) is 0.674. The molecule has 116 valence electrons. The lowest BCUT2D eigenvalue weighted by molar-refractivity contribution is -0.117. The van der Waals surface area contributed by atoms with Gasteiger partial charge < -0.3 is 9.32 Å². The number of benzene rings is 1. The summed E-state index contributed by atoms with van der Waals surface area (Å²) in [6.45, 7) is -0.194. The predicted molar refractivity (Wildman–Crippen MR) is 77.9 cm³/mol. The minimum atomic E-state index is -4.73. The van der Waals surface area contributed by atoms with E-state index in [9.17, 15) is 17.1 Å². The van der Waals surface area contributed by atoms with Crippen molar-refractivity contribution in [2.24, 2.45) is 0 Å². The number of carbonyl (C=O) groups is 1. The van der Waals surface area contributed by atoms with Gasteiger partial charge in [-0.25, -0.2) is 5.10 Å². The molecule has 2 heterocycles. The van der Waals surface area contributed by atoms with E-state index >= 15 is 0 Å². The molecule has 0 bridgehead atoms. The first-order valence-corrected chi connectivity index (χ1v) is 8.10. The fourth-order valence-corrected chi connectivity index (χ4v) is 3.04. The second-order valence-corrected chi connectivity index (χ2v) is 6.76. The number of rotatable bonds is 3. The number of anilines is 1. The van der Waals surface area contributed by atoms with E-state index < -0.39 is 21.4 Å². The third-order valence-corrected chi connectivity index (χ3v) is 4.64. The van der Waals surface area contributed by atoms with Gasteiger partial charge in [0.25, 0.3) is 4.84 Å². The molecule has 22 heavy (non-hydrogen) atoms. The molecule has 1 aliphatic heterocycles. The summed E-state index contributed by atoms with van der Waals surface area (Å²) >= 11 is 4.78. The molecular weight excluding hydrogens is 333 g/mol. The number of nitrogens with one attached hydrogen (secondary N) is 1. The van der Waals surface area contributed by atoms with Crippen molar-refractivity contribution in [1.29, 1.82) is 0 Å². The summed E-state index contributed by atoms with van der Waals surface area (Å²) in [5.74, 6) is -0.134. The maximum Gasteiger partial charge on any atom is 0.307 e. The molecule has 0 spiro atoms. The first kappa shape index (κ1) is 14.9. The van der Waals surface area contributed by atoms with Crippen LogP contribution in [-0.2, 0) is 15.0 Å². The van der Waals surface area contributed by atoms with Gasteiger partial charge in [-0.1, -0.05) is 0 Å². The second kappa shape index (κ2) is 5.29. The number of amides is 1. The molecule has 0 saturated carbocycles. The van der Waals surface area contributed by atoms with E-state index in [-0.39, 0.29) is 17.8 Å². The van der Waals surface area contributed by atoms with Crippen molar-refractivity contribution in [3.63, 3.8) is 0 Å². The Morgan fingerprint density at radius 3 is 2.55 bits per heavy atom. The third kappa shape index (κ3) is 2.79. The summed E-state index contributed by atoms with van der Waals surface area (Å²) in [6, 6.07) is 6.50. The number of H-pyrrole nitrogens is 1. The molecule has 1 unspecified atom stereocenters. The van der Waals surface area contributed by atoms with Gasteiger partial charge in [0, 0.05) is 24.2 Å². The minimum absolute atomic E-state index is 0.143. The largest absolute Gasteiger partial charge is 0.409 e. The van der Waals surface area contributed by atoms with Gasteiger partial charge in [-0.05, 0) is 36.5 Å². The van der Waals surface area contributed by atoms with E-state index in [1.54, 1.807) is 24.3 Å². The van der Waals surface area contributed by atoms with Crippen LogP contribution >= 0.6 is 12.2 Å². The molecule has 1 aromatic carbocycles. The molecule has 2 aromatic rings. The molecule has 1 aliphatic rings. The van der Waals surface area contributed by atoms with Gasteiger partial charge in [-0.3, -0.25) is 4.79 Å². The van der Waals surface area contributed by atoms with Gasteiger partial charge in [0.1, 0.15) is 5.25 Å². The van der Waals surface area contributed by atoms with Crippen LogP contribution in [0.15, 0.2) is 28.7 Å². The Bertz CT molecular complexity index is 872. The van der Waals surface area contributed by atoms with Crippen molar-refractivity contribution in [2.45, 2.75) is 11.7 Å². The average Bonchev–Trinajstić information content (AvgIpc) is 3.05. The van der Waals surface area contributed by atoms with Crippen molar-refractivity contribution in [2.75, 3.05) is 11.4 Å². The number of aromatic nitrogens is 2. The second-order valence-electron chi connectivity index (χ2n) is 4.77. The lowest BCUT2D eigenvalue weighted by Crippen LogP contribution is -2.26. The first-order valence-electron chi connectivity index (χ1n) is 6.24. The highest BCUT2D eigenvalue weighted by Crippen LogP contribution is 2.27. The zero-order valence-corrected chi connectivity index (χ0v) is 12.7. The number of nitrogens with zero attached hydrogens (tertiary/aromatic N) is 2. The van der Waals surface area contributed by atoms with Gasteiger partial charge in [0.2, 0.25) is 11.8 Å². The van der Waals surface area contributed by atoms with Crippen LogP contribution < -0.4 is 4.90 Å². The Morgan fingerprint density at radius 1 is 1.36 bits per heavy atom. The third-order valence-electron chi connectivity index (χ3n) is 3.35. The van der Waals surface area contributed by atoms with Crippen LogP contribution in [0.2, 0.25) is 0 Å². The van der Waals surface area contributed by atoms with E-state index in [4.69, 9.17) is 16.6 Å². The molecule has 0 aliphatic carbocycles. The van der Waals surface area contributed by atoms with Gasteiger partial charge >= 0.3 is 10.2 Å². The fraction of sp³-hybridized carbons (Fsp3) is 0.250. The summed E-state index contributed by atoms with van der Waals surface area (Å²) in [5.41, 5.74) is 1.12. The maximum atomic E-state index is 13.0. The highest BCUT2D eigenvalue weighted by atomic mass is 32.3. The van der Waals surface area contributed by atoms with Gasteiger partial charge in [-0.2, -0.15) is 8.42 Å². The summed E-state index contributed by atoms with van der Waals surface area (Å²) in [7, 11) is -4.73. The average molecular weight is 343 g/mol. The van der Waals surface area contributed by atoms with Crippen molar-refractivity contribution in [3.8, 4) is 11.5 Å². The molecule has 1 atom stereocenters. The standard InChI is InChI=1S/C12H10FN3O4S2/c13-22(18,19)9-5-10(17)16(6-9)8-3-1-7(2-4-8)11-14-15-12(21)20-11/h1-4,9H,5-6H2,(H,15,21). The molecule has 1 aromatic heterocycles. The normalized spacial score (nSPS) is 18.9. The summed E-state index contributed by atoms with van der Waals surface area (Å²) in [4.78, 5) is 13.2. The SMILES string of the molecule is O=C1CC(S(=O)(=O)F)CN1c1ccc(-c2n[nH]c(=S)o2)cc1. The molecular formula is C12H10FN3O4S2. The predicted octanol–water partition coefficient (Wildman–Crippen LogP) is 1.80. The van der Waals surface area contributed by atoms with Crippen LogP contribution in [-0.4, -0.2) is 36.3 Å². The molecule has 10 heteroatoms. The Hall–Kier alpha value is -2.07. The van der Waals surface area contributed by atoms with Gasteiger partial charge in [0.15, 0.2) is 0 Å². The Morgan fingerprint density at radius 2 is 2.05 bits per heavy atom. The highest BCUT2D eigenvalue weighted by molar-refractivity contribution is 7.87. The van der Waals surface area contributed by atoms with Crippen molar-refractivity contribution < 1.29 is 21.5 Å².